The summed E-state index contributed by atoms with van der Waals surface area (Å²) in [5.41, 5.74) is 0.325. The molecule has 0 aliphatic heterocycles. The number of amides is 2. The van der Waals surface area contributed by atoms with Crippen LogP contribution in [0.2, 0.25) is 18.3 Å². The number of benzene rings is 1. The molecule has 204 valence electrons. The van der Waals surface area contributed by atoms with Gasteiger partial charge in [-0.1, -0.05) is 6.07 Å². The van der Waals surface area contributed by atoms with Gasteiger partial charge in [-0.05, 0) is 5.38 Å². The molecule has 2 aromatic rings. The van der Waals surface area contributed by atoms with Gasteiger partial charge in [0.15, 0.2) is 0 Å². The molecular formula is C28H41ClN2O4SSn. The Bertz CT molecular complexity index is 994. The van der Waals surface area contributed by atoms with Crippen LogP contribution in [0.3, 0.4) is 0 Å². The molecular weight excluding hydrogens is 615 g/mol. The van der Waals surface area contributed by atoms with Crippen LogP contribution in [0, 0.1) is 0 Å². The van der Waals surface area contributed by atoms with Gasteiger partial charge in [0.2, 0.25) is 0 Å². The molecule has 0 fully saturated rings. The van der Waals surface area contributed by atoms with E-state index in [1.165, 1.54) is 73.9 Å². The van der Waals surface area contributed by atoms with Crippen LogP contribution < -0.4 is 14.2 Å². The third-order valence-electron chi connectivity index (χ3n) is 6.86. The first kappa shape index (κ1) is 31.6. The molecule has 0 saturated heterocycles. The van der Waals surface area contributed by atoms with Crippen LogP contribution in [0.15, 0.2) is 35.7 Å². The van der Waals surface area contributed by atoms with Gasteiger partial charge in [-0.2, -0.15) is 0 Å². The van der Waals surface area contributed by atoms with Crippen LogP contribution in [-0.4, -0.2) is 55.9 Å². The van der Waals surface area contributed by atoms with Crippen molar-refractivity contribution < 1.29 is 19.1 Å². The summed E-state index contributed by atoms with van der Waals surface area (Å²) in [5, 5.41) is 7.59. The predicted molar refractivity (Wildman–Crippen MR) is 156 cm³/mol. The number of unbranched alkanes of at least 4 members (excludes halogenated alkanes) is 3. The Morgan fingerprint density at radius 3 is 2.08 bits per heavy atom. The number of rotatable bonds is 16. The number of halogens is 1. The zero-order valence-electron chi connectivity index (χ0n) is 22.5. The number of thiophene rings is 1. The number of carbonyl (C=O) groups excluding carboxylic acids is 3. The molecule has 0 saturated carbocycles. The van der Waals surface area contributed by atoms with Crippen molar-refractivity contribution in [2.75, 3.05) is 13.7 Å². The van der Waals surface area contributed by atoms with Gasteiger partial charge < -0.3 is 0 Å². The first-order chi connectivity index (χ1) is 17.8. The van der Waals surface area contributed by atoms with E-state index in [9.17, 15) is 14.4 Å². The summed E-state index contributed by atoms with van der Waals surface area (Å²) < 4.78 is 10.2. The summed E-state index contributed by atoms with van der Waals surface area (Å²) in [6.45, 7) is 6.65. The molecule has 1 heterocycles. The van der Waals surface area contributed by atoms with Crippen molar-refractivity contribution in [1.29, 1.82) is 0 Å². The van der Waals surface area contributed by atoms with E-state index in [-0.39, 0.29) is 12.5 Å². The molecule has 0 bridgehead atoms. The average molecular weight is 656 g/mol. The third kappa shape index (κ3) is 9.28. The molecule has 37 heavy (non-hydrogen) atoms. The van der Waals surface area contributed by atoms with Gasteiger partial charge in [0.05, 0.1) is 0 Å². The monoisotopic (exact) mass is 656 g/mol. The van der Waals surface area contributed by atoms with E-state index in [1.807, 2.05) is 6.07 Å². The van der Waals surface area contributed by atoms with Gasteiger partial charge in [0.1, 0.15) is 0 Å². The van der Waals surface area contributed by atoms with Crippen LogP contribution >= 0.6 is 22.9 Å². The number of hydrogen-bond donors (Lipinski definition) is 2. The van der Waals surface area contributed by atoms with E-state index in [4.69, 9.17) is 16.3 Å². The standard InChI is InChI=1S/C16H14ClN2O4S.3C4H9.Sn/c1-23-16(22)12(9-18-15(21)13-7-4-8-24-13)19-14(20)10-5-2-3-6-11(10)17;3*1-3-4-2;/h2,4-8,12H,9H2,1H3,(H,18,21)(H,19,20);3*1,3-4H2,2H3;/t12-;;;;/m0..../s1. The molecule has 0 spiro atoms. The second kappa shape index (κ2) is 16.4. The topological polar surface area (TPSA) is 84.5 Å². The van der Waals surface area contributed by atoms with E-state index < -0.39 is 36.3 Å². The number of esters is 1. The number of carbonyl (C=O) groups is 3. The van der Waals surface area contributed by atoms with E-state index in [2.05, 4.69) is 37.5 Å². The zero-order chi connectivity index (χ0) is 27.3. The molecule has 6 nitrogen and oxygen atoms in total. The molecule has 1 aromatic heterocycles. The van der Waals surface area contributed by atoms with Gasteiger partial charge in [0.25, 0.3) is 0 Å². The second-order valence-corrected chi connectivity index (χ2v) is 24.1. The second-order valence-electron chi connectivity index (χ2n) is 9.52. The SMILES string of the molecule is CCC[CH2][Sn]([CH2]CCC)([CH2]CCC)[c]1ccc(C(=O)N[C@@H](CNC(=O)c2cccs2)C(=O)OC)c(Cl)c1. The fourth-order valence-electron chi connectivity index (χ4n) is 4.64. The van der Waals surface area contributed by atoms with Crippen LogP contribution in [0.4, 0.5) is 0 Å². The Hall–Kier alpha value is -1.58. The summed E-state index contributed by atoms with van der Waals surface area (Å²) >= 11 is 5.32. The zero-order valence-corrected chi connectivity index (χ0v) is 27.0. The Balaban J connectivity index is 2.24. The number of methoxy groups -OCH3 is 1. The molecule has 2 amide bonds. The van der Waals surface area contributed by atoms with Gasteiger partial charge in [0, 0.05) is 0 Å². The number of ether oxygens (including phenoxy) is 1. The van der Waals surface area contributed by atoms with Crippen molar-refractivity contribution in [3.8, 4) is 0 Å². The number of hydrogen-bond acceptors (Lipinski definition) is 5. The normalized spacial score (nSPS) is 12.1. The van der Waals surface area contributed by atoms with Gasteiger partial charge >= 0.3 is 224 Å². The average Bonchev–Trinajstić information content (AvgIpc) is 3.45. The van der Waals surface area contributed by atoms with E-state index in [1.54, 1.807) is 23.6 Å². The van der Waals surface area contributed by atoms with Crippen molar-refractivity contribution in [3.63, 3.8) is 0 Å². The third-order valence-corrected chi connectivity index (χ3v) is 23.6. The van der Waals surface area contributed by atoms with Gasteiger partial charge in [-0.25, -0.2) is 0 Å². The first-order valence-electron chi connectivity index (χ1n) is 13.3. The van der Waals surface area contributed by atoms with Crippen LogP contribution in [0.5, 0.6) is 0 Å². The Kier molecular flexibility index (Phi) is 14.0. The van der Waals surface area contributed by atoms with Crippen LogP contribution in [-0.2, 0) is 9.53 Å². The predicted octanol–water partition coefficient (Wildman–Crippen LogP) is 6.16. The van der Waals surface area contributed by atoms with Gasteiger partial charge in [-0.3, -0.25) is 0 Å². The van der Waals surface area contributed by atoms with E-state index in [0.717, 1.165) is 0 Å². The first-order valence-corrected chi connectivity index (χ1v) is 22.1. The quantitative estimate of drug-likeness (QED) is 0.168. The Morgan fingerprint density at radius 1 is 0.973 bits per heavy atom. The van der Waals surface area contributed by atoms with Crippen molar-refractivity contribution in [2.24, 2.45) is 0 Å². The fraction of sp³-hybridized carbons (Fsp3) is 0.536. The van der Waals surface area contributed by atoms with Crippen LogP contribution in [0.25, 0.3) is 0 Å². The Labute approximate surface area is 234 Å². The minimum atomic E-state index is -2.69. The van der Waals surface area contributed by atoms with Crippen molar-refractivity contribution >= 4 is 62.7 Å². The van der Waals surface area contributed by atoms with Crippen molar-refractivity contribution in [3.05, 3.63) is 51.2 Å². The molecule has 2 N–H and O–H groups in total. The van der Waals surface area contributed by atoms with E-state index >= 15 is 0 Å². The molecule has 0 aliphatic carbocycles. The summed E-state index contributed by atoms with van der Waals surface area (Å²) in [6.07, 6.45) is 7.26. The van der Waals surface area contributed by atoms with Crippen LogP contribution in [0.1, 0.15) is 79.3 Å². The molecule has 9 heteroatoms. The number of nitrogens with one attached hydrogen (secondary N) is 2. The molecule has 0 aliphatic rings. The molecule has 1 aromatic carbocycles. The summed E-state index contributed by atoms with van der Waals surface area (Å²) in [6, 6.07) is 8.38. The molecule has 1 atom stereocenters. The van der Waals surface area contributed by atoms with Crippen molar-refractivity contribution in [1.82, 2.24) is 10.6 Å². The molecule has 0 radical (unpaired) electrons. The molecule has 0 unspecified atom stereocenters. The summed E-state index contributed by atoms with van der Waals surface area (Å²) in [5.74, 6) is -1.41. The maximum absolute atomic E-state index is 13.1. The Morgan fingerprint density at radius 2 is 1.59 bits per heavy atom. The molecule has 2 rings (SSSR count). The maximum atomic E-state index is 13.1. The minimum absolute atomic E-state index is 0.0878. The van der Waals surface area contributed by atoms with Crippen molar-refractivity contribution in [2.45, 2.75) is 78.6 Å². The summed E-state index contributed by atoms with van der Waals surface area (Å²) in [7, 11) is 1.25. The fourth-order valence-corrected chi connectivity index (χ4v) is 21.8. The summed E-state index contributed by atoms with van der Waals surface area (Å²) in [4.78, 5) is 38.3. The van der Waals surface area contributed by atoms with Gasteiger partial charge in [-0.15, -0.1) is 0 Å². The van der Waals surface area contributed by atoms with E-state index in [0.29, 0.717) is 15.5 Å².